The second-order valence-electron chi connectivity index (χ2n) is 12.1. The van der Waals surface area contributed by atoms with Crippen LogP contribution in [0.4, 0.5) is 0 Å². The number of hydrogen-bond acceptors (Lipinski definition) is 1. The van der Waals surface area contributed by atoms with Gasteiger partial charge in [0.2, 0.25) is 0 Å². The molecule has 2 aromatic carbocycles. The van der Waals surface area contributed by atoms with Gasteiger partial charge in [0.1, 0.15) is 11.5 Å². The maximum atomic E-state index is 6.18. The first-order valence-electron chi connectivity index (χ1n) is 13.5. The van der Waals surface area contributed by atoms with Crippen LogP contribution < -0.4 is 0 Å². The summed E-state index contributed by atoms with van der Waals surface area (Å²) in [6, 6.07) is 20.2. The third-order valence-corrected chi connectivity index (χ3v) is 8.08. The molecule has 0 aliphatic heterocycles. The standard InChI is InChI=1S/C35H40O/c1-22(2)25-12-14-26(15-13-25)29-9-8-10-30-31(33(21-32(29)30)34-18-11-24(4)36-34)17-16-27-20-28(19-23(27)3)35(5,6)7/h8-15,18-22,27,31H,16-17H2,1-7H3. The van der Waals surface area contributed by atoms with Gasteiger partial charge in [-0.25, -0.2) is 0 Å². The maximum Gasteiger partial charge on any atom is 0.130 e. The predicted molar refractivity (Wildman–Crippen MR) is 154 cm³/mol. The maximum absolute atomic E-state index is 6.18. The van der Waals surface area contributed by atoms with Gasteiger partial charge in [-0.3, -0.25) is 0 Å². The van der Waals surface area contributed by atoms with E-state index in [2.05, 4.69) is 114 Å². The minimum Gasteiger partial charge on any atom is -0.462 e. The first kappa shape index (κ1) is 24.6. The predicted octanol–water partition coefficient (Wildman–Crippen LogP) is 10.3. The summed E-state index contributed by atoms with van der Waals surface area (Å²) in [5.41, 5.74) is 11.3. The summed E-state index contributed by atoms with van der Waals surface area (Å²) in [7, 11) is 0. The van der Waals surface area contributed by atoms with Crippen molar-refractivity contribution in [2.45, 2.75) is 73.1 Å². The van der Waals surface area contributed by atoms with Crippen molar-refractivity contribution in [3.8, 4) is 11.1 Å². The van der Waals surface area contributed by atoms with Crippen molar-refractivity contribution in [1.29, 1.82) is 0 Å². The molecule has 1 heteroatoms. The molecule has 0 saturated heterocycles. The van der Waals surface area contributed by atoms with Crippen molar-refractivity contribution in [3.05, 3.63) is 106 Å². The van der Waals surface area contributed by atoms with Gasteiger partial charge in [0.05, 0.1) is 0 Å². The van der Waals surface area contributed by atoms with E-state index in [1.54, 1.807) is 0 Å². The van der Waals surface area contributed by atoms with Crippen LogP contribution in [0.5, 0.6) is 0 Å². The summed E-state index contributed by atoms with van der Waals surface area (Å²) >= 11 is 0. The van der Waals surface area contributed by atoms with Crippen LogP contribution in [0.25, 0.3) is 22.8 Å². The summed E-state index contributed by atoms with van der Waals surface area (Å²) < 4.78 is 6.18. The molecule has 3 aromatic rings. The lowest BCUT2D eigenvalue weighted by molar-refractivity contribution is 0.510. The SMILES string of the molecule is CC1=CC(C(C)(C)C)=CC1CCC1C(c2ccc(C)o2)=Cc2c(-c3ccc(C(C)C)cc3)cccc21. The summed E-state index contributed by atoms with van der Waals surface area (Å²) in [6.07, 6.45) is 9.59. The summed E-state index contributed by atoms with van der Waals surface area (Å²) in [4.78, 5) is 0. The number of furan rings is 1. The molecule has 0 N–H and O–H groups in total. The van der Waals surface area contributed by atoms with Crippen LogP contribution in [0.1, 0.15) is 94.4 Å². The molecule has 0 bridgehead atoms. The third-order valence-electron chi connectivity index (χ3n) is 8.08. The molecule has 1 heterocycles. The highest BCUT2D eigenvalue weighted by Gasteiger charge is 2.31. The monoisotopic (exact) mass is 476 g/mol. The Morgan fingerprint density at radius 1 is 0.861 bits per heavy atom. The van der Waals surface area contributed by atoms with Gasteiger partial charge in [-0.05, 0) is 95.5 Å². The Morgan fingerprint density at radius 2 is 1.61 bits per heavy atom. The van der Waals surface area contributed by atoms with E-state index in [4.69, 9.17) is 4.42 Å². The van der Waals surface area contributed by atoms with Crippen molar-refractivity contribution < 1.29 is 4.42 Å². The second-order valence-corrected chi connectivity index (χ2v) is 12.1. The number of aryl methyl sites for hydroxylation is 1. The lowest BCUT2D eigenvalue weighted by Crippen LogP contribution is -2.06. The molecule has 2 unspecified atom stereocenters. The van der Waals surface area contributed by atoms with E-state index in [1.165, 1.54) is 44.5 Å². The van der Waals surface area contributed by atoms with Crippen LogP contribution in [0.2, 0.25) is 0 Å². The molecule has 0 radical (unpaired) electrons. The molecule has 0 saturated carbocycles. The highest BCUT2D eigenvalue weighted by atomic mass is 16.3. The van der Waals surface area contributed by atoms with Gasteiger partial charge in [-0.1, -0.05) is 94.8 Å². The molecule has 0 spiro atoms. The lowest BCUT2D eigenvalue weighted by Gasteiger charge is -2.20. The first-order chi connectivity index (χ1) is 17.1. The van der Waals surface area contributed by atoms with Crippen LogP contribution in [-0.2, 0) is 0 Å². The molecular weight excluding hydrogens is 436 g/mol. The average molecular weight is 477 g/mol. The van der Waals surface area contributed by atoms with Gasteiger partial charge < -0.3 is 4.42 Å². The van der Waals surface area contributed by atoms with Crippen LogP contribution >= 0.6 is 0 Å². The van der Waals surface area contributed by atoms with E-state index >= 15 is 0 Å². The summed E-state index contributed by atoms with van der Waals surface area (Å²) in [5, 5.41) is 0. The van der Waals surface area contributed by atoms with Crippen molar-refractivity contribution in [3.63, 3.8) is 0 Å². The highest BCUT2D eigenvalue weighted by molar-refractivity contribution is 5.95. The molecular formula is C35H40O. The quantitative estimate of drug-likeness (QED) is 0.345. The largest absolute Gasteiger partial charge is 0.462 e. The fourth-order valence-corrected chi connectivity index (χ4v) is 5.79. The summed E-state index contributed by atoms with van der Waals surface area (Å²) in [6.45, 7) is 15.8. The number of allylic oxidation sites excluding steroid dienone is 5. The van der Waals surface area contributed by atoms with Crippen LogP contribution in [0, 0.1) is 18.3 Å². The smallest absolute Gasteiger partial charge is 0.130 e. The lowest BCUT2D eigenvalue weighted by atomic mass is 9.84. The highest BCUT2D eigenvalue weighted by Crippen LogP contribution is 2.49. The molecule has 2 atom stereocenters. The van der Waals surface area contributed by atoms with Gasteiger partial charge in [0, 0.05) is 11.5 Å². The molecule has 2 aliphatic carbocycles. The van der Waals surface area contributed by atoms with Crippen LogP contribution in [0.15, 0.2) is 82.3 Å². The third kappa shape index (κ3) is 4.69. The molecule has 186 valence electrons. The Bertz CT molecular complexity index is 1350. The van der Waals surface area contributed by atoms with Gasteiger partial charge in [0.15, 0.2) is 0 Å². The zero-order valence-electron chi connectivity index (χ0n) is 23.0. The van der Waals surface area contributed by atoms with Gasteiger partial charge in [-0.15, -0.1) is 0 Å². The van der Waals surface area contributed by atoms with Crippen molar-refractivity contribution in [2.24, 2.45) is 11.3 Å². The van der Waals surface area contributed by atoms with Crippen molar-refractivity contribution >= 4 is 11.6 Å². The zero-order valence-corrected chi connectivity index (χ0v) is 23.0. The fraction of sp³-hybridized carbons (Fsp3) is 0.371. The number of rotatable bonds is 6. The minimum absolute atomic E-state index is 0.201. The molecule has 0 fully saturated rings. The second kappa shape index (κ2) is 9.43. The van der Waals surface area contributed by atoms with Crippen molar-refractivity contribution in [2.75, 3.05) is 0 Å². The fourth-order valence-electron chi connectivity index (χ4n) is 5.79. The zero-order chi connectivity index (χ0) is 25.6. The molecule has 1 nitrogen and oxygen atoms in total. The molecule has 5 rings (SSSR count). The number of fused-ring (bicyclic) bond motifs is 1. The van der Waals surface area contributed by atoms with Gasteiger partial charge in [0.25, 0.3) is 0 Å². The Kier molecular flexibility index (Phi) is 6.45. The van der Waals surface area contributed by atoms with Gasteiger partial charge >= 0.3 is 0 Å². The van der Waals surface area contributed by atoms with Gasteiger partial charge in [-0.2, -0.15) is 0 Å². The van der Waals surface area contributed by atoms with E-state index in [0.29, 0.717) is 17.8 Å². The Morgan fingerprint density at radius 3 is 2.22 bits per heavy atom. The Labute approximate surface area is 217 Å². The number of hydrogen-bond donors (Lipinski definition) is 0. The molecule has 0 amide bonds. The van der Waals surface area contributed by atoms with E-state index < -0.39 is 0 Å². The normalized spacial score (nSPS) is 19.4. The number of benzene rings is 2. The van der Waals surface area contributed by atoms with Crippen LogP contribution in [-0.4, -0.2) is 0 Å². The van der Waals surface area contributed by atoms with Crippen LogP contribution in [0.3, 0.4) is 0 Å². The molecule has 2 aliphatic rings. The Hall–Kier alpha value is -3.06. The topological polar surface area (TPSA) is 13.1 Å². The molecule has 1 aromatic heterocycles. The Balaban J connectivity index is 1.50. The molecule has 36 heavy (non-hydrogen) atoms. The summed E-state index contributed by atoms with van der Waals surface area (Å²) in [5.74, 6) is 3.39. The van der Waals surface area contributed by atoms with E-state index in [1.807, 2.05) is 6.92 Å². The van der Waals surface area contributed by atoms with E-state index in [9.17, 15) is 0 Å². The first-order valence-corrected chi connectivity index (χ1v) is 13.5. The van der Waals surface area contributed by atoms with E-state index in [-0.39, 0.29) is 5.41 Å². The van der Waals surface area contributed by atoms with Crippen molar-refractivity contribution in [1.82, 2.24) is 0 Å². The van der Waals surface area contributed by atoms with E-state index in [0.717, 1.165) is 24.4 Å². The minimum atomic E-state index is 0.201. The average Bonchev–Trinajstić information content (AvgIpc) is 3.53.